The molecule has 1 saturated heterocycles. The minimum Gasteiger partial charge on any atom is -0.382 e. The molecule has 1 heterocycles. The maximum atomic E-state index is 6.24. The predicted molar refractivity (Wildman–Crippen MR) is 115 cm³/mol. The van der Waals surface area contributed by atoms with Crippen molar-refractivity contribution < 1.29 is 4.74 Å². The first kappa shape index (κ1) is 22.0. The van der Waals surface area contributed by atoms with Gasteiger partial charge in [0.2, 0.25) is 0 Å². The van der Waals surface area contributed by atoms with E-state index in [1.807, 2.05) is 19.1 Å². The molecule has 0 spiro atoms. The summed E-state index contributed by atoms with van der Waals surface area (Å²) in [5.41, 5.74) is 1.25. The van der Waals surface area contributed by atoms with Gasteiger partial charge in [-0.1, -0.05) is 23.7 Å². The summed E-state index contributed by atoms with van der Waals surface area (Å²) in [6.07, 6.45) is 4.67. The van der Waals surface area contributed by atoms with E-state index in [1.54, 1.807) is 0 Å². The average molecular weight is 395 g/mol. The van der Waals surface area contributed by atoms with Crippen molar-refractivity contribution in [2.45, 2.75) is 45.6 Å². The highest BCUT2D eigenvalue weighted by molar-refractivity contribution is 6.30. The average Bonchev–Trinajstić information content (AvgIpc) is 3.19. The fourth-order valence-electron chi connectivity index (χ4n) is 3.40. The minimum absolute atomic E-state index is 0.277. The first-order chi connectivity index (χ1) is 13.2. The Morgan fingerprint density at radius 3 is 2.74 bits per heavy atom. The Morgan fingerprint density at radius 2 is 2.04 bits per heavy atom. The number of rotatable bonds is 11. The predicted octanol–water partition coefficient (Wildman–Crippen LogP) is 3.85. The van der Waals surface area contributed by atoms with Crippen molar-refractivity contribution in [3.05, 3.63) is 34.9 Å². The number of hydrogen-bond acceptors (Lipinski definition) is 3. The van der Waals surface area contributed by atoms with E-state index in [2.05, 4.69) is 34.6 Å². The highest BCUT2D eigenvalue weighted by atomic mass is 35.5. The maximum Gasteiger partial charge on any atom is 0.191 e. The molecule has 0 aliphatic carbocycles. The van der Waals surface area contributed by atoms with Crippen molar-refractivity contribution in [3.8, 4) is 0 Å². The van der Waals surface area contributed by atoms with Gasteiger partial charge in [-0.25, -0.2) is 0 Å². The molecule has 6 heteroatoms. The van der Waals surface area contributed by atoms with Gasteiger partial charge >= 0.3 is 0 Å². The molecule has 0 saturated carbocycles. The van der Waals surface area contributed by atoms with E-state index < -0.39 is 0 Å². The van der Waals surface area contributed by atoms with Gasteiger partial charge in [-0.2, -0.15) is 0 Å². The molecule has 0 radical (unpaired) electrons. The molecule has 1 aliphatic rings. The van der Waals surface area contributed by atoms with Crippen molar-refractivity contribution in [1.82, 2.24) is 15.5 Å². The van der Waals surface area contributed by atoms with E-state index in [4.69, 9.17) is 21.3 Å². The smallest absolute Gasteiger partial charge is 0.191 e. The van der Waals surface area contributed by atoms with E-state index in [9.17, 15) is 0 Å². The molecule has 27 heavy (non-hydrogen) atoms. The fourth-order valence-corrected chi connectivity index (χ4v) is 3.60. The minimum atomic E-state index is 0.277. The van der Waals surface area contributed by atoms with Crippen LogP contribution in [0.1, 0.15) is 51.1 Å². The second-order valence-electron chi connectivity index (χ2n) is 6.86. The Balaban J connectivity index is 1.95. The second-order valence-corrected chi connectivity index (χ2v) is 7.30. The quantitative estimate of drug-likeness (QED) is 0.340. The van der Waals surface area contributed by atoms with Gasteiger partial charge in [0.25, 0.3) is 0 Å². The van der Waals surface area contributed by atoms with Crippen LogP contribution in [0.25, 0.3) is 0 Å². The molecule has 1 fully saturated rings. The molecular formula is C21H35ClN4O. The number of hydrogen-bond donors (Lipinski definition) is 2. The van der Waals surface area contributed by atoms with Crippen LogP contribution in [0.2, 0.25) is 5.02 Å². The Hall–Kier alpha value is -1.30. The molecule has 2 rings (SSSR count). The van der Waals surface area contributed by atoms with Gasteiger partial charge in [0.15, 0.2) is 5.96 Å². The maximum absolute atomic E-state index is 6.24. The van der Waals surface area contributed by atoms with Crippen molar-refractivity contribution in [1.29, 1.82) is 0 Å². The van der Waals surface area contributed by atoms with Crippen molar-refractivity contribution in [2.75, 3.05) is 45.9 Å². The molecule has 2 N–H and O–H groups in total. The van der Waals surface area contributed by atoms with Crippen LogP contribution in [0.5, 0.6) is 0 Å². The van der Waals surface area contributed by atoms with Gasteiger partial charge in [-0.05, 0) is 70.3 Å². The molecule has 1 aromatic carbocycles. The summed E-state index contributed by atoms with van der Waals surface area (Å²) in [5.74, 6) is 0.889. The van der Waals surface area contributed by atoms with Crippen LogP contribution in [-0.4, -0.2) is 56.8 Å². The second kappa shape index (κ2) is 13.0. The number of nitrogens with zero attached hydrogens (tertiary/aromatic N) is 2. The number of halogens is 1. The monoisotopic (exact) mass is 394 g/mol. The van der Waals surface area contributed by atoms with E-state index in [-0.39, 0.29) is 6.04 Å². The first-order valence-electron chi connectivity index (χ1n) is 10.3. The van der Waals surface area contributed by atoms with Gasteiger partial charge in [0.05, 0.1) is 12.6 Å². The number of ether oxygens (including phenoxy) is 1. The van der Waals surface area contributed by atoms with Gasteiger partial charge < -0.3 is 15.4 Å². The lowest BCUT2D eigenvalue weighted by atomic mass is 10.1. The van der Waals surface area contributed by atoms with Crippen LogP contribution in [0, 0.1) is 0 Å². The van der Waals surface area contributed by atoms with Crippen molar-refractivity contribution >= 4 is 17.6 Å². The summed E-state index contributed by atoms with van der Waals surface area (Å²) in [6.45, 7) is 10.5. The summed E-state index contributed by atoms with van der Waals surface area (Å²) in [4.78, 5) is 7.41. The van der Waals surface area contributed by atoms with Crippen LogP contribution in [0.4, 0.5) is 0 Å². The zero-order valence-corrected chi connectivity index (χ0v) is 17.6. The zero-order valence-electron chi connectivity index (χ0n) is 16.8. The Labute approximate surface area is 169 Å². The molecule has 0 bridgehead atoms. The van der Waals surface area contributed by atoms with Gasteiger partial charge in [-0.15, -0.1) is 0 Å². The van der Waals surface area contributed by atoms with Crippen molar-refractivity contribution in [2.24, 2.45) is 4.99 Å². The lowest BCUT2D eigenvalue weighted by Gasteiger charge is -2.27. The third-order valence-corrected chi connectivity index (χ3v) is 5.03. The lowest BCUT2D eigenvalue weighted by molar-refractivity contribution is 0.143. The van der Waals surface area contributed by atoms with E-state index in [0.29, 0.717) is 0 Å². The van der Waals surface area contributed by atoms with Crippen LogP contribution in [0.3, 0.4) is 0 Å². The van der Waals surface area contributed by atoms with Crippen LogP contribution in [0.15, 0.2) is 29.3 Å². The Kier molecular flexibility index (Phi) is 10.6. The molecule has 5 nitrogen and oxygen atoms in total. The summed E-state index contributed by atoms with van der Waals surface area (Å²) in [7, 11) is 0. The number of benzene rings is 1. The molecular weight excluding hydrogens is 360 g/mol. The SMILES string of the molecule is CCNC(=NCC(c1cccc(Cl)c1)N1CCCC1)NCCCCOCC. The first-order valence-corrected chi connectivity index (χ1v) is 10.7. The summed E-state index contributed by atoms with van der Waals surface area (Å²) in [5, 5.41) is 7.59. The van der Waals surface area contributed by atoms with Crippen LogP contribution < -0.4 is 10.6 Å². The molecule has 0 amide bonds. The van der Waals surface area contributed by atoms with Gasteiger partial charge in [0, 0.05) is 31.3 Å². The Bertz CT molecular complexity index is 561. The van der Waals surface area contributed by atoms with Crippen LogP contribution >= 0.6 is 11.6 Å². The number of nitrogens with one attached hydrogen (secondary N) is 2. The third-order valence-electron chi connectivity index (χ3n) is 4.79. The summed E-state index contributed by atoms with van der Waals surface area (Å²) in [6, 6.07) is 8.49. The van der Waals surface area contributed by atoms with E-state index in [1.165, 1.54) is 18.4 Å². The van der Waals surface area contributed by atoms with Crippen molar-refractivity contribution in [3.63, 3.8) is 0 Å². The topological polar surface area (TPSA) is 48.9 Å². The standard InChI is InChI=1S/C21H35ClN4O/c1-3-23-21(24-12-5-8-15-27-4-2)25-17-20(26-13-6-7-14-26)18-10-9-11-19(22)16-18/h9-11,16,20H,3-8,12-15,17H2,1-2H3,(H2,23,24,25). The summed E-state index contributed by atoms with van der Waals surface area (Å²) < 4.78 is 5.39. The molecule has 1 atom stereocenters. The molecule has 1 aliphatic heterocycles. The highest BCUT2D eigenvalue weighted by Crippen LogP contribution is 2.27. The van der Waals surface area contributed by atoms with Gasteiger partial charge in [-0.3, -0.25) is 9.89 Å². The highest BCUT2D eigenvalue weighted by Gasteiger charge is 2.23. The van der Waals surface area contributed by atoms with E-state index >= 15 is 0 Å². The zero-order chi connectivity index (χ0) is 19.3. The molecule has 1 aromatic rings. The van der Waals surface area contributed by atoms with Gasteiger partial charge in [0.1, 0.15) is 0 Å². The summed E-state index contributed by atoms with van der Waals surface area (Å²) >= 11 is 6.24. The third kappa shape index (κ3) is 8.08. The number of unbranched alkanes of at least 4 members (excludes halogenated alkanes) is 1. The number of aliphatic imine (C=N–C) groups is 1. The van der Waals surface area contributed by atoms with E-state index in [0.717, 1.165) is 69.8 Å². The lowest BCUT2D eigenvalue weighted by Crippen LogP contribution is -2.39. The number of likely N-dealkylation sites (tertiary alicyclic amines) is 1. The molecule has 152 valence electrons. The Morgan fingerprint density at radius 1 is 1.22 bits per heavy atom. The molecule has 0 aromatic heterocycles. The molecule has 1 unspecified atom stereocenters. The normalized spacial score (nSPS) is 16.5. The number of guanidine groups is 1. The largest absolute Gasteiger partial charge is 0.382 e. The fraction of sp³-hybridized carbons (Fsp3) is 0.667. The van der Waals surface area contributed by atoms with Crippen LogP contribution in [-0.2, 0) is 4.74 Å².